The highest BCUT2D eigenvalue weighted by atomic mass is 32.2. The molecule has 270 valence electrons. The number of hydrogen-bond acceptors (Lipinski definition) is 5. The van der Waals surface area contributed by atoms with Gasteiger partial charge in [0.25, 0.3) is 5.60 Å². The van der Waals surface area contributed by atoms with Crippen molar-refractivity contribution < 1.29 is 62.3 Å². The minimum Gasteiger partial charge on any atom is -0.349 e. The number of nitrogens with zero attached hydrogens (tertiary/aromatic N) is 2. The summed E-state index contributed by atoms with van der Waals surface area (Å²) in [4.78, 5) is 27.6. The van der Waals surface area contributed by atoms with Gasteiger partial charge in [0, 0.05) is 50.1 Å². The van der Waals surface area contributed by atoms with E-state index in [1.807, 2.05) is 0 Å². The summed E-state index contributed by atoms with van der Waals surface area (Å²) in [5, 5.41) is 0. The number of carbonyl (C=O) groups is 2. The Balaban J connectivity index is 1.53. The second-order valence-corrected chi connectivity index (χ2v) is 14.4. The summed E-state index contributed by atoms with van der Waals surface area (Å²) in [6, 6.07) is 7.94. The zero-order valence-corrected chi connectivity index (χ0v) is 26.9. The zero-order chi connectivity index (χ0) is 36.9. The van der Waals surface area contributed by atoms with Crippen LogP contribution in [0.3, 0.4) is 0 Å². The monoisotopic (exact) mass is 736 g/mol. The van der Waals surface area contributed by atoms with Crippen molar-refractivity contribution in [3.8, 4) is 0 Å². The third-order valence-corrected chi connectivity index (χ3v) is 11.8. The first-order chi connectivity index (χ1) is 23.2. The molecule has 2 fully saturated rings. The molecular formula is C33H29F9N2O5S. The fourth-order valence-corrected chi connectivity index (χ4v) is 8.69. The first kappa shape index (κ1) is 37.1. The minimum absolute atomic E-state index is 0.162. The number of alkyl halides is 6. The van der Waals surface area contributed by atoms with Crippen LogP contribution in [0.2, 0.25) is 0 Å². The first-order valence-electron chi connectivity index (χ1n) is 15.1. The summed E-state index contributed by atoms with van der Waals surface area (Å²) in [7, 11) is -4.56. The standard InChI is InChI=1S/C33H29F9N2O5S/c1-20(45)43-13-15-44(16-14-43)29(46)21-17-30(18-21,50(47,48)25-11-9-24(34)10-12-25)22-5-7-23(8-6-22)31(32(37,38)39,33(40,41)42)49-19-26-27(35)3-2-4-28(26)36/h2-12,21H,13-19H2,1H3/t21-,30-. The number of rotatable bonds is 8. The van der Waals surface area contributed by atoms with Crippen LogP contribution >= 0.6 is 0 Å². The van der Waals surface area contributed by atoms with Crippen LogP contribution in [0.25, 0.3) is 0 Å². The molecule has 7 nitrogen and oxygen atoms in total. The second kappa shape index (κ2) is 13.2. The van der Waals surface area contributed by atoms with Gasteiger partial charge in [0.15, 0.2) is 9.84 Å². The molecule has 1 saturated carbocycles. The molecule has 50 heavy (non-hydrogen) atoms. The van der Waals surface area contributed by atoms with E-state index >= 15 is 0 Å². The number of sulfone groups is 1. The van der Waals surface area contributed by atoms with Gasteiger partial charge in [-0.05, 0) is 54.8 Å². The van der Waals surface area contributed by atoms with Crippen LogP contribution in [-0.4, -0.2) is 68.6 Å². The topological polar surface area (TPSA) is 84.0 Å². The SMILES string of the molecule is CC(=O)N1CCN(C(=O)[C@H]2C[C@](c3ccc(C(OCc4c(F)cccc4F)(C(F)(F)F)C(F)(F)F)cc3)(S(=O)(=O)c3ccc(F)cc3)C2)CC1. The maximum atomic E-state index is 14.5. The first-order valence-corrected chi connectivity index (χ1v) is 16.6. The predicted octanol–water partition coefficient (Wildman–Crippen LogP) is 6.41. The number of carbonyl (C=O) groups excluding carboxylic acids is 2. The number of ether oxygens (including phenoxy) is 1. The predicted molar refractivity (Wildman–Crippen MR) is 158 cm³/mol. The molecule has 5 rings (SSSR count). The van der Waals surface area contributed by atoms with Crippen molar-refractivity contribution in [2.75, 3.05) is 26.2 Å². The van der Waals surface area contributed by atoms with Crippen LogP contribution in [0, 0.1) is 23.4 Å². The minimum atomic E-state index is -6.23. The summed E-state index contributed by atoms with van der Waals surface area (Å²) < 4.78 is 159. The maximum Gasteiger partial charge on any atom is 0.430 e. The average Bonchev–Trinajstić information content (AvgIpc) is 3.01. The molecule has 1 aliphatic heterocycles. The molecule has 0 bridgehead atoms. The highest BCUT2D eigenvalue weighted by molar-refractivity contribution is 7.92. The molecule has 1 heterocycles. The molecule has 17 heteroatoms. The third-order valence-electron chi connectivity index (χ3n) is 9.29. The van der Waals surface area contributed by atoms with Gasteiger partial charge in [-0.15, -0.1) is 0 Å². The van der Waals surface area contributed by atoms with E-state index in [-0.39, 0.29) is 37.6 Å². The number of benzene rings is 3. The zero-order valence-electron chi connectivity index (χ0n) is 26.1. The average molecular weight is 737 g/mol. The van der Waals surface area contributed by atoms with Crippen molar-refractivity contribution in [3.05, 3.63) is 101 Å². The van der Waals surface area contributed by atoms with Crippen molar-refractivity contribution in [3.63, 3.8) is 0 Å². The van der Waals surface area contributed by atoms with Gasteiger partial charge in [-0.1, -0.05) is 30.3 Å². The number of halogens is 9. The molecule has 0 N–H and O–H groups in total. The summed E-state index contributed by atoms with van der Waals surface area (Å²) in [6.07, 6.45) is -13.3. The van der Waals surface area contributed by atoms with Crippen LogP contribution in [0.5, 0.6) is 0 Å². The molecule has 1 aliphatic carbocycles. The summed E-state index contributed by atoms with van der Waals surface area (Å²) in [5.41, 5.74) is -8.09. The largest absolute Gasteiger partial charge is 0.430 e. The van der Waals surface area contributed by atoms with Gasteiger partial charge in [-0.2, -0.15) is 26.3 Å². The Hall–Kier alpha value is -4.12. The van der Waals surface area contributed by atoms with E-state index in [0.29, 0.717) is 24.3 Å². The number of amides is 2. The van der Waals surface area contributed by atoms with Crippen molar-refractivity contribution >= 4 is 21.7 Å². The molecule has 0 aromatic heterocycles. The summed E-state index contributed by atoms with van der Waals surface area (Å²) >= 11 is 0. The smallest absolute Gasteiger partial charge is 0.349 e. The van der Waals surface area contributed by atoms with E-state index in [0.717, 1.165) is 42.5 Å². The molecule has 0 atom stereocenters. The van der Waals surface area contributed by atoms with Gasteiger partial charge in [0.05, 0.1) is 11.5 Å². The van der Waals surface area contributed by atoms with E-state index < -0.39 is 97.3 Å². The fourth-order valence-electron chi connectivity index (χ4n) is 6.45. The third kappa shape index (κ3) is 6.33. The molecule has 0 radical (unpaired) electrons. The maximum absolute atomic E-state index is 14.5. The quantitative estimate of drug-likeness (QED) is 0.197. The molecule has 0 spiro atoms. The van der Waals surface area contributed by atoms with Crippen molar-refractivity contribution in [1.29, 1.82) is 0 Å². The molecule has 2 amide bonds. The van der Waals surface area contributed by atoms with E-state index in [4.69, 9.17) is 0 Å². The van der Waals surface area contributed by atoms with Crippen LogP contribution in [-0.2, 0) is 41.1 Å². The summed E-state index contributed by atoms with van der Waals surface area (Å²) in [6.45, 7) is 0.392. The van der Waals surface area contributed by atoms with E-state index in [1.165, 1.54) is 16.7 Å². The molecule has 2 aliphatic rings. The van der Waals surface area contributed by atoms with Gasteiger partial charge in [0.1, 0.15) is 22.2 Å². The number of hydrogen-bond donors (Lipinski definition) is 0. The van der Waals surface area contributed by atoms with Gasteiger partial charge >= 0.3 is 12.4 Å². The molecule has 0 unspecified atom stereocenters. The van der Waals surface area contributed by atoms with Crippen LogP contribution in [0.4, 0.5) is 39.5 Å². The van der Waals surface area contributed by atoms with Gasteiger partial charge < -0.3 is 14.5 Å². The Labute approximate surface area is 280 Å². The highest BCUT2D eigenvalue weighted by Crippen LogP contribution is 2.57. The lowest BCUT2D eigenvalue weighted by atomic mass is 9.69. The summed E-state index contributed by atoms with van der Waals surface area (Å²) in [5.74, 6) is -5.23. The van der Waals surface area contributed by atoms with E-state index in [1.54, 1.807) is 0 Å². The van der Waals surface area contributed by atoms with E-state index in [2.05, 4.69) is 4.74 Å². The lowest BCUT2D eigenvalue weighted by molar-refractivity contribution is -0.392. The second-order valence-electron chi connectivity index (χ2n) is 12.1. The van der Waals surface area contributed by atoms with Gasteiger partial charge in [-0.3, -0.25) is 9.59 Å². The lowest BCUT2D eigenvalue weighted by Crippen LogP contribution is -2.57. The van der Waals surface area contributed by atoms with Crippen molar-refractivity contribution in [1.82, 2.24) is 9.80 Å². The normalized spacial score (nSPS) is 20.4. The Bertz CT molecular complexity index is 1820. The lowest BCUT2D eigenvalue weighted by Gasteiger charge is -2.48. The Morgan fingerprint density at radius 3 is 1.76 bits per heavy atom. The van der Waals surface area contributed by atoms with Gasteiger partial charge in [0.2, 0.25) is 11.8 Å². The van der Waals surface area contributed by atoms with Crippen molar-refractivity contribution in [2.45, 2.75) is 54.0 Å². The van der Waals surface area contributed by atoms with Crippen molar-refractivity contribution in [2.24, 2.45) is 5.92 Å². The molecule has 1 saturated heterocycles. The van der Waals surface area contributed by atoms with Crippen LogP contribution in [0.15, 0.2) is 71.6 Å². The van der Waals surface area contributed by atoms with Gasteiger partial charge in [-0.25, -0.2) is 21.6 Å². The molecule has 3 aromatic rings. The number of piperazine rings is 1. The fraction of sp³-hybridized carbons (Fsp3) is 0.394. The Kier molecular flexibility index (Phi) is 9.81. The Morgan fingerprint density at radius 1 is 0.780 bits per heavy atom. The molecular weight excluding hydrogens is 707 g/mol. The van der Waals surface area contributed by atoms with Crippen LogP contribution in [0.1, 0.15) is 36.5 Å². The highest BCUT2D eigenvalue weighted by Gasteiger charge is 2.73. The van der Waals surface area contributed by atoms with E-state index in [9.17, 15) is 57.5 Å². The van der Waals surface area contributed by atoms with Crippen LogP contribution < -0.4 is 0 Å². The molecule has 3 aromatic carbocycles. The Morgan fingerprint density at radius 2 is 1.28 bits per heavy atom.